The minimum absolute atomic E-state index is 0.0718. The highest BCUT2D eigenvalue weighted by Crippen LogP contribution is 2.57. The molecular weight excluding hydrogens is 951 g/mol. The van der Waals surface area contributed by atoms with Gasteiger partial charge in [-0.1, -0.05) is 191 Å². The number of rotatable bonds is 9. The zero-order chi connectivity index (χ0) is 52.5. The molecular formula is C72H53N5O. The van der Waals surface area contributed by atoms with Gasteiger partial charge >= 0.3 is 0 Å². The largest absolute Gasteiger partial charge is 0.457 e. The number of anilines is 4. The first kappa shape index (κ1) is 46.6. The molecule has 1 atom stereocenters. The average molecular weight is 1000 g/mol. The van der Waals surface area contributed by atoms with Crippen LogP contribution in [-0.2, 0) is 10.8 Å². The van der Waals surface area contributed by atoms with Crippen LogP contribution in [-0.4, -0.2) is 16.2 Å². The molecule has 2 aromatic heterocycles. The summed E-state index contributed by atoms with van der Waals surface area (Å²) in [7, 11) is 0. The predicted octanol–water partition coefficient (Wildman–Crippen LogP) is 18.8. The normalized spacial score (nSPS) is 14.5. The number of hydrogen-bond acceptors (Lipinski definition) is 4. The third kappa shape index (κ3) is 7.50. The van der Waals surface area contributed by atoms with Crippen LogP contribution < -0.4 is 14.5 Å². The van der Waals surface area contributed by atoms with E-state index in [1.807, 2.05) is 18.3 Å². The van der Waals surface area contributed by atoms with Gasteiger partial charge in [0.15, 0.2) is 5.69 Å². The third-order valence-corrected chi connectivity index (χ3v) is 15.9. The van der Waals surface area contributed by atoms with E-state index in [0.717, 1.165) is 72.7 Å². The van der Waals surface area contributed by atoms with Gasteiger partial charge in [-0.15, -0.1) is 0 Å². The van der Waals surface area contributed by atoms with E-state index in [2.05, 4.69) is 277 Å². The van der Waals surface area contributed by atoms with Crippen molar-refractivity contribution in [2.75, 3.05) is 16.5 Å². The van der Waals surface area contributed by atoms with Crippen molar-refractivity contribution in [3.05, 3.63) is 294 Å². The minimum Gasteiger partial charge on any atom is -0.457 e. The lowest BCUT2D eigenvalue weighted by atomic mass is 9.68. The lowest BCUT2D eigenvalue weighted by molar-refractivity contribution is 0.483. The van der Waals surface area contributed by atoms with E-state index < -0.39 is 5.41 Å². The highest BCUT2D eigenvalue weighted by atomic mass is 16.5. The number of fused-ring (bicyclic) bond motifs is 7. The SMILES string of the molecule is [C-]#[N+]c1ccc2c(c1)C(c1ccccc1)(c1ccnc(-n3c4ccccc4c4ccc(Oc5cccc(N6CN(c7c(-c8ccccc8)cc(C(C)(C)C)cc7-c7ccccc7)c7ccccc76)c5)cc43)c1)c1ccccc1-2. The van der Waals surface area contributed by atoms with Gasteiger partial charge in [-0.2, -0.15) is 0 Å². The zero-order valence-corrected chi connectivity index (χ0v) is 43.6. The van der Waals surface area contributed by atoms with Gasteiger partial charge < -0.3 is 14.5 Å². The molecule has 1 aliphatic carbocycles. The second-order valence-corrected chi connectivity index (χ2v) is 21.4. The summed E-state index contributed by atoms with van der Waals surface area (Å²) in [5.41, 5.74) is 19.1. The second kappa shape index (κ2) is 18.4. The summed E-state index contributed by atoms with van der Waals surface area (Å²) in [6.45, 7) is 15.6. The van der Waals surface area contributed by atoms with Crippen molar-refractivity contribution in [2.24, 2.45) is 0 Å². The highest BCUT2D eigenvalue weighted by Gasteiger charge is 2.46. The third-order valence-electron chi connectivity index (χ3n) is 15.9. The number of nitrogens with zero attached hydrogens (tertiary/aromatic N) is 5. The van der Waals surface area contributed by atoms with Crippen LogP contribution in [0.3, 0.4) is 0 Å². The molecule has 0 saturated carbocycles. The number of ether oxygens (including phenoxy) is 1. The fourth-order valence-corrected chi connectivity index (χ4v) is 12.4. The van der Waals surface area contributed by atoms with Crippen LogP contribution in [0.4, 0.5) is 28.4 Å². The van der Waals surface area contributed by atoms with E-state index in [1.54, 1.807) is 0 Å². The van der Waals surface area contributed by atoms with Gasteiger partial charge in [0.25, 0.3) is 0 Å². The summed E-state index contributed by atoms with van der Waals surface area (Å²) in [4.78, 5) is 14.0. The topological polar surface area (TPSA) is 37.9 Å². The lowest BCUT2D eigenvalue weighted by Crippen LogP contribution is -2.28. The van der Waals surface area contributed by atoms with Crippen molar-refractivity contribution in [1.29, 1.82) is 0 Å². The quantitative estimate of drug-likeness (QED) is 0.135. The Kier molecular flexibility index (Phi) is 11.0. The van der Waals surface area contributed by atoms with Gasteiger partial charge in [-0.25, -0.2) is 9.83 Å². The molecule has 78 heavy (non-hydrogen) atoms. The molecule has 0 amide bonds. The summed E-state index contributed by atoms with van der Waals surface area (Å²) in [6.07, 6.45) is 1.94. The van der Waals surface area contributed by atoms with Crippen LogP contribution in [0.5, 0.6) is 11.5 Å². The number of benzene rings is 10. The van der Waals surface area contributed by atoms with Crippen molar-refractivity contribution in [1.82, 2.24) is 9.55 Å². The summed E-state index contributed by atoms with van der Waals surface area (Å²) in [6, 6.07) is 88.5. The van der Waals surface area contributed by atoms with Gasteiger partial charge in [0.1, 0.15) is 24.0 Å². The van der Waals surface area contributed by atoms with Crippen LogP contribution in [0.15, 0.2) is 255 Å². The van der Waals surface area contributed by atoms with E-state index in [4.69, 9.17) is 16.3 Å². The Bertz CT molecular complexity index is 4280. The molecule has 0 radical (unpaired) electrons. The predicted molar refractivity (Wildman–Crippen MR) is 320 cm³/mol. The number of pyridine rings is 1. The zero-order valence-electron chi connectivity index (χ0n) is 43.6. The Morgan fingerprint density at radius 2 is 1.12 bits per heavy atom. The number of para-hydroxylation sites is 3. The molecule has 3 heterocycles. The summed E-state index contributed by atoms with van der Waals surface area (Å²) < 4.78 is 9.22. The van der Waals surface area contributed by atoms with Crippen LogP contribution in [0, 0.1) is 6.57 Å². The fraction of sp³-hybridized carbons (Fsp3) is 0.0833. The summed E-state index contributed by atoms with van der Waals surface area (Å²) in [5.74, 6) is 2.24. The van der Waals surface area contributed by atoms with E-state index >= 15 is 0 Å². The Morgan fingerprint density at radius 1 is 0.487 bits per heavy atom. The maximum Gasteiger partial charge on any atom is 0.187 e. The molecule has 0 N–H and O–H groups in total. The van der Waals surface area contributed by atoms with Gasteiger partial charge in [-0.05, 0) is 122 Å². The molecule has 6 nitrogen and oxygen atoms in total. The molecule has 0 bridgehead atoms. The number of hydrogen-bond donors (Lipinski definition) is 0. The molecule has 0 fully saturated rings. The molecule has 372 valence electrons. The highest BCUT2D eigenvalue weighted by molar-refractivity contribution is 6.09. The first-order valence-corrected chi connectivity index (χ1v) is 26.7. The molecule has 1 aliphatic heterocycles. The van der Waals surface area contributed by atoms with Crippen molar-refractivity contribution in [3.8, 4) is 50.7 Å². The average Bonchev–Trinajstić information content (AvgIpc) is 3.96. The fourth-order valence-electron chi connectivity index (χ4n) is 12.4. The van der Waals surface area contributed by atoms with Crippen molar-refractivity contribution in [3.63, 3.8) is 0 Å². The monoisotopic (exact) mass is 1000 g/mol. The first-order chi connectivity index (χ1) is 38.3. The molecule has 14 rings (SSSR count). The standard InChI is InChI=1S/C72H53N5O/c1-71(2,3)52-41-61(48-21-8-5-9-22-48)70(62(42-52)49-23-10-6-11-24-49)76-47-75(66-33-18-19-34-67(66)76)54-27-20-28-55(45-54)78-56-36-38-60-59-30-15-17-32-65(59)77(68(60)46-56)69-43-51(39-40-74-69)72(50-25-12-7-13-26-50)63-31-16-14-29-57(63)58-37-35-53(73-4)44-64(58)72/h5-46H,47H2,1-3H3. The Hall–Kier alpha value is -9.96. The molecule has 0 saturated heterocycles. The van der Waals surface area contributed by atoms with Gasteiger partial charge in [-0.3, -0.25) is 4.57 Å². The van der Waals surface area contributed by atoms with Gasteiger partial charge in [0.05, 0.1) is 40.1 Å². The lowest BCUT2D eigenvalue weighted by Gasteiger charge is -2.34. The maximum atomic E-state index is 8.07. The summed E-state index contributed by atoms with van der Waals surface area (Å²) >= 11 is 0. The maximum absolute atomic E-state index is 8.07. The molecule has 10 aromatic carbocycles. The second-order valence-electron chi connectivity index (χ2n) is 21.4. The number of aromatic nitrogens is 2. The first-order valence-electron chi connectivity index (χ1n) is 26.7. The molecule has 2 aliphatic rings. The van der Waals surface area contributed by atoms with Crippen LogP contribution in [0.1, 0.15) is 48.6 Å². The molecule has 12 aromatic rings. The molecule has 0 spiro atoms. The van der Waals surface area contributed by atoms with Crippen molar-refractivity contribution in [2.45, 2.75) is 31.6 Å². The van der Waals surface area contributed by atoms with Gasteiger partial charge in [0.2, 0.25) is 0 Å². The Balaban J connectivity index is 0.862. The smallest absolute Gasteiger partial charge is 0.187 e. The minimum atomic E-state index is -0.707. The van der Waals surface area contributed by atoms with Gasteiger partial charge in [0, 0.05) is 45.9 Å². The van der Waals surface area contributed by atoms with Crippen LogP contribution >= 0.6 is 0 Å². The van der Waals surface area contributed by atoms with E-state index in [-0.39, 0.29) is 5.41 Å². The van der Waals surface area contributed by atoms with Crippen LogP contribution in [0.25, 0.3) is 65.8 Å². The van der Waals surface area contributed by atoms with Crippen LogP contribution in [0.2, 0.25) is 0 Å². The summed E-state index contributed by atoms with van der Waals surface area (Å²) in [5, 5.41) is 2.23. The van der Waals surface area contributed by atoms with E-state index in [9.17, 15) is 0 Å². The Labute approximate surface area is 455 Å². The Morgan fingerprint density at radius 3 is 1.85 bits per heavy atom. The van der Waals surface area contributed by atoms with Crippen molar-refractivity contribution < 1.29 is 4.74 Å². The van der Waals surface area contributed by atoms with E-state index in [0.29, 0.717) is 18.1 Å². The molecule has 1 unspecified atom stereocenters. The molecule has 6 heteroatoms. The van der Waals surface area contributed by atoms with Crippen molar-refractivity contribution >= 4 is 50.2 Å². The van der Waals surface area contributed by atoms with E-state index in [1.165, 1.54) is 44.6 Å².